The predicted octanol–water partition coefficient (Wildman–Crippen LogP) is 1.97. The number of sulfonamides is 1. The van der Waals surface area contributed by atoms with E-state index in [2.05, 4.69) is 10.0 Å². The quantitative estimate of drug-likeness (QED) is 0.873. The van der Waals surface area contributed by atoms with E-state index in [1.54, 1.807) is 12.1 Å². The largest absolute Gasteiger partial charge is 0.316 e. The van der Waals surface area contributed by atoms with Crippen LogP contribution in [-0.2, 0) is 10.0 Å². The van der Waals surface area contributed by atoms with Crippen molar-refractivity contribution in [1.82, 2.24) is 10.0 Å². The molecule has 0 radical (unpaired) electrons. The van der Waals surface area contributed by atoms with Gasteiger partial charge in [0.05, 0.1) is 4.90 Å². The van der Waals surface area contributed by atoms with E-state index in [9.17, 15) is 8.42 Å². The van der Waals surface area contributed by atoms with Crippen molar-refractivity contribution in [2.45, 2.75) is 38.0 Å². The highest BCUT2D eigenvalue weighted by Crippen LogP contribution is 2.16. The van der Waals surface area contributed by atoms with Crippen molar-refractivity contribution in [3.8, 4) is 0 Å². The molecule has 1 atom stereocenters. The van der Waals surface area contributed by atoms with Crippen LogP contribution < -0.4 is 10.0 Å². The highest BCUT2D eigenvalue weighted by atomic mass is 32.2. The highest BCUT2D eigenvalue weighted by molar-refractivity contribution is 7.89. The van der Waals surface area contributed by atoms with Gasteiger partial charge in [0.15, 0.2) is 0 Å². The van der Waals surface area contributed by atoms with Gasteiger partial charge in [-0.05, 0) is 75.4 Å². The summed E-state index contributed by atoms with van der Waals surface area (Å²) in [4.78, 5) is 0.363. The molecule has 0 saturated carbocycles. The number of hydrogen-bond donors (Lipinski definition) is 2. The van der Waals surface area contributed by atoms with E-state index >= 15 is 0 Å². The second-order valence-electron chi connectivity index (χ2n) is 5.64. The summed E-state index contributed by atoms with van der Waals surface area (Å²) in [6.45, 7) is 6.52. The van der Waals surface area contributed by atoms with Crippen molar-refractivity contribution in [2.24, 2.45) is 5.92 Å². The highest BCUT2D eigenvalue weighted by Gasteiger charge is 2.17. The minimum absolute atomic E-state index is 0.363. The summed E-state index contributed by atoms with van der Waals surface area (Å²) in [6, 6.07) is 5.27. The third-order valence-electron chi connectivity index (χ3n) is 4.03. The van der Waals surface area contributed by atoms with E-state index in [0.29, 0.717) is 17.4 Å². The second kappa shape index (κ2) is 6.70. The van der Waals surface area contributed by atoms with Crippen molar-refractivity contribution < 1.29 is 8.42 Å². The fourth-order valence-corrected chi connectivity index (χ4v) is 3.66. The van der Waals surface area contributed by atoms with Gasteiger partial charge < -0.3 is 5.32 Å². The van der Waals surface area contributed by atoms with Gasteiger partial charge in [-0.2, -0.15) is 0 Å². The first-order chi connectivity index (χ1) is 9.49. The summed E-state index contributed by atoms with van der Waals surface area (Å²) in [5.41, 5.74) is 2.11. The molecule has 1 heterocycles. The van der Waals surface area contributed by atoms with Gasteiger partial charge in [-0.25, -0.2) is 13.1 Å². The first-order valence-corrected chi connectivity index (χ1v) is 8.75. The van der Waals surface area contributed by atoms with Gasteiger partial charge in [0.25, 0.3) is 0 Å². The Balaban J connectivity index is 1.91. The maximum absolute atomic E-state index is 12.2. The fraction of sp³-hybridized carbons (Fsp3) is 0.600. The first-order valence-electron chi connectivity index (χ1n) is 7.27. The lowest BCUT2D eigenvalue weighted by Crippen LogP contribution is -2.33. The van der Waals surface area contributed by atoms with Gasteiger partial charge in [0.1, 0.15) is 0 Å². The van der Waals surface area contributed by atoms with E-state index in [1.165, 1.54) is 12.8 Å². The SMILES string of the molecule is Cc1ccc(S(=O)(=O)NCCC2CCCNC2)cc1C. The Morgan fingerprint density at radius 2 is 2.10 bits per heavy atom. The molecule has 0 bridgehead atoms. The van der Waals surface area contributed by atoms with Gasteiger partial charge in [-0.3, -0.25) is 0 Å². The minimum Gasteiger partial charge on any atom is -0.316 e. The van der Waals surface area contributed by atoms with Gasteiger partial charge in [0.2, 0.25) is 10.0 Å². The van der Waals surface area contributed by atoms with Crippen molar-refractivity contribution in [1.29, 1.82) is 0 Å². The lowest BCUT2D eigenvalue weighted by molar-refractivity contribution is 0.358. The number of piperidine rings is 1. The van der Waals surface area contributed by atoms with Crippen LogP contribution in [0.3, 0.4) is 0 Å². The number of benzene rings is 1. The maximum atomic E-state index is 12.2. The molecule has 1 unspecified atom stereocenters. The fourth-order valence-electron chi connectivity index (χ4n) is 2.53. The Bertz CT molecular complexity index is 549. The predicted molar refractivity (Wildman–Crippen MR) is 81.3 cm³/mol. The number of aryl methyl sites for hydroxylation is 2. The molecule has 4 nitrogen and oxygen atoms in total. The van der Waals surface area contributed by atoms with Gasteiger partial charge in [-0.15, -0.1) is 0 Å². The van der Waals surface area contributed by atoms with Crippen molar-refractivity contribution in [3.63, 3.8) is 0 Å². The van der Waals surface area contributed by atoms with Crippen LogP contribution in [-0.4, -0.2) is 28.1 Å². The molecule has 1 aromatic carbocycles. The van der Waals surface area contributed by atoms with Gasteiger partial charge >= 0.3 is 0 Å². The van der Waals surface area contributed by atoms with E-state index in [0.717, 1.165) is 30.6 Å². The molecule has 2 N–H and O–H groups in total. The molecule has 5 heteroatoms. The average molecular weight is 296 g/mol. The zero-order valence-electron chi connectivity index (χ0n) is 12.3. The molecule has 1 aliphatic rings. The minimum atomic E-state index is -3.37. The van der Waals surface area contributed by atoms with Crippen LogP contribution in [0.15, 0.2) is 23.1 Å². The molecule has 20 heavy (non-hydrogen) atoms. The van der Waals surface area contributed by atoms with Crippen LogP contribution >= 0.6 is 0 Å². The molecular formula is C15H24N2O2S. The Kier molecular flexibility index (Phi) is 5.18. The number of hydrogen-bond acceptors (Lipinski definition) is 3. The first kappa shape index (κ1) is 15.5. The monoisotopic (exact) mass is 296 g/mol. The van der Waals surface area contributed by atoms with Crippen molar-refractivity contribution >= 4 is 10.0 Å². The molecule has 0 amide bonds. The molecule has 0 aliphatic carbocycles. The zero-order valence-corrected chi connectivity index (χ0v) is 13.1. The Morgan fingerprint density at radius 1 is 1.30 bits per heavy atom. The number of nitrogens with one attached hydrogen (secondary N) is 2. The van der Waals surface area contributed by atoms with Crippen LogP contribution in [0.25, 0.3) is 0 Å². The van der Waals surface area contributed by atoms with E-state index in [1.807, 2.05) is 19.9 Å². The summed E-state index contributed by atoms with van der Waals surface area (Å²) in [5.74, 6) is 0.589. The molecular weight excluding hydrogens is 272 g/mol. The maximum Gasteiger partial charge on any atom is 0.240 e. The van der Waals surface area contributed by atoms with Crippen LogP contribution in [0.5, 0.6) is 0 Å². The molecule has 1 saturated heterocycles. The third kappa shape index (κ3) is 4.04. The topological polar surface area (TPSA) is 58.2 Å². The second-order valence-corrected chi connectivity index (χ2v) is 7.41. The normalized spacial score (nSPS) is 20.0. The molecule has 1 aromatic rings. The zero-order chi connectivity index (χ0) is 14.6. The molecule has 0 aromatic heterocycles. The molecule has 112 valence electrons. The summed E-state index contributed by atoms with van der Waals surface area (Å²) >= 11 is 0. The van der Waals surface area contributed by atoms with Crippen LogP contribution in [0.4, 0.5) is 0 Å². The smallest absolute Gasteiger partial charge is 0.240 e. The lowest BCUT2D eigenvalue weighted by Gasteiger charge is -2.22. The molecule has 0 spiro atoms. The summed E-state index contributed by atoms with van der Waals surface area (Å²) < 4.78 is 27.1. The summed E-state index contributed by atoms with van der Waals surface area (Å²) in [5, 5.41) is 3.35. The van der Waals surface area contributed by atoms with Crippen LogP contribution in [0, 0.1) is 19.8 Å². The van der Waals surface area contributed by atoms with E-state index in [-0.39, 0.29) is 0 Å². The summed E-state index contributed by atoms with van der Waals surface area (Å²) in [7, 11) is -3.37. The van der Waals surface area contributed by atoms with Crippen molar-refractivity contribution in [3.05, 3.63) is 29.3 Å². The van der Waals surface area contributed by atoms with E-state index < -0.39 is 10.0 Å². The van der Waals surface area contributed by atoms with Gasteiger partial charge in [-0.1, -0.05) is 6.07 Å². The number of rotatable bonds is 5. The molecule has 2 rings (SSSR count). The summed E-state index contributed by atoms with van der Waals surface area (Å²) in [6.07, 6.45) is 3.28. The molecule has 1 fully saturated rings. The molecule has 1 aliphatic heterocycles. The standard InChI is InChI=1S/C15H24N2O2S/c1-12-5-6-15(10-13(12)2)20(18,19)17-9-7-14-4-3-8-16-11-14/h5-6,10,14,16-17H,3-4,7-9,11H2,1-2H3. The Morgan fingerprint density at radius 3 is 2.75 bits per heavy atom. The van der Waals surface area contributed by atoms with Crippen LogP contribution in [0.1, 0.15) is 30.4 Å². The van der Waals surface area contributed by atoms with Crippen molar-refractivity contribution in [2.75, 3.05) is 19.6 Å². The van der Waals surface area contributed by atoms with Gasteiger partial charge in [0, 0.05) is 6.54 Å². The van der Waals surface area contributed by atoms with Crippen LogP contribution in [0.2, 0.25) is 0 Å². The van der Waals surface area contributed by atoms with E-state index in [4.69, 9.17) is 0 Å². The Hall–Kier alpha value is -0.910. The average Bonchev–Trinajstić information content (AvgIpc) is 2.43. The lowest BCUT2D eigenvalue weighted by atomic mass is 9.96. The Labute approximate surface area is 122 Å². The third-order valence-corrected chi connectivity index (χ3v) is 5.49.